The van der Waals surface area contributed by atoms with Gasteiger partial charge in [0.05, 0.1) is 40.1 Å². The molecule has 12 nitrogen and oxygen atoms in total. The molecule has 0 spiro atoms. The van der Waals surface area contributed by atoms with Gasteiger partial charge in [-0.1, -0.05) is 31.4 Å². The Balaban J connectivity index is 1.49. The molecule has 0 atom stereocenters. The molecular weight excluding hydrogens is 682 g/mol. The van der Waals surface area contributed by atoms with Crippen LogP contribution in [0.5, 0.6) is 28.7 Å². The van der Waals surface area contributed by atoms with Crippen molar-refractivity contribution in [1.82, 2.24) is 0 Å². The minimum Gasteiger partial charge on any atom is -0.494 e. The Morgan fingerprint density at radius 3 is 1.87 bits per heavy atom. The molecule has 12 heteroatoms. The highest BCUT2D eigenvalue weighted by atomic mass is 16.5. The predicted molar refractivity (Wildman–Crippen MR) is 197 cm³/mol. The van der Waals surface area contributed by atoms with E-state index in [-0.39, 0.29) is 23.8 Å². The SMILES string of the molecule is [C-]#[N+]/C(=C\c1ccc(OCCCCOC(=O)C=C)c(OC)c1)C(=O)Oc1ccc(OC(=O)/C=C/c2ccc(OCCCCOC(=O)C=C)cc2)cc1C. The Kier molecular flexibility index (Phi) is 17.1. The molecule has 0 saturated carbocycles. The van der Waals surface area contributed by atoms with Gasteiger partial charge in [0, 0.05) is 18.2 Å². The molecule has 0 aromatic heterocycles. The van der Waals surface area contributed by atoms with Gasteiger partial charge in [0.2, 0.25) is 0 Å². The van der Waals surface area contributed by atoms with Crippen LogP contribution in [0.2, 0.25) is 0 Å². The summed E-state index contributed by atoms with van der Waals surface area (Å²) in [5.41, 5.74) is 1.51. The third kappa shape index (κ3) is 14.6. The second-order valence-corrected chi connectivity index (χ2v) is 11.0. The molecule has 3 aromatic rings. The second-order valence-electron chi connectivity index (χ2n) is 11.0. The van der Waals surface area contributed by atoms with Gasteiger partial charge in [-0.05, 0) is 104 Å². The van der Waals surface area contributed by atoms with Crippen LogP contribution < -0.4 is 23.7 Å². The van der Waals surface area contributed by atoms with E-state index >= 15 is 0 Å². The fourth-order valence-electron chi connectivity index (χ4n) is 4.37. The van der Waals surface area contributed by atoms with Crippen molar-refractivity contribution < 1.29 is 52.3 Å². The summed E-state index contributed by atoms with van der Waals surface area (Å²) >= 11 is 0. The van der Waals surface area contributed by atoms with E-state index in [0.29, 0.717) is 73.9 Å². The molecule has 0 N–H and O–H groups in total. The third-order valence-electron chi connectivity index (χ3n) is 7.11. The van der Waals surface area contributed by atoms with E-state index in [9.17, 15) is 19.2 Å². The molecule has 0 amide bonds. The van der Waals surface area contributed by atoms with Gasteiger partial charge in [-0.3, -0.25) is 4.79 Å². The van der Waals surface area contributed by atoms with E-state index < -0.39 is 23.9 Å². The van der Waals surface area contributed by atoms with Crippen molar-refractivity contribution in [3.05, 3.63) is 126 Å². The molecule has 0 saturated heterocycles. The molecule has 0 aliphatic heterocycles. The first-order valence-corrected chi connectivity index (χ1v) is 16.6. The maximum Gasteiger partial charge on any atom is 0.341 e. The van der Waals surface area contributed by atoms with Crippen LogP contribution in [0.1, 0.15) is 42.4 Å². The summed E-state index contributed by atoms with van der Waals surface area (Å²) < 4.78 is 37.6. The maximum atomic E-state index is 12.9. The van der Waals surface area contributed by atoms with E-state index in [4.69, 9.17) is 39.7 Å². The zero-order chi connectivity index (χ0) is 38.4. The van der Waals surface area contributed by atoms with Crippen LogP contribution in [0, 0.1) is 13.5 Å². The number of hydrogen-bond acceptors (Lipinski definition) is 11. The number of methoxy groups -OCH3 is 1. The van der Waals surface area contributed by atoms with Crippen LogP contribution >= 0.6 is 0 Å². The quantitative estimate of drug-likeness (QED) is 0.0361. The fourth-order valence-corrected chi connectivity index (χ4v) is 4.37. The van der Waals surface area contributed by atoms with Crippen LogP contribution in [0.3, 0.4) is 0 Å². The fraction of sp³-hybridized carbons (Fsp3) is 0.244. The first-order chi connectivity index (χ1) is 25.6. The zero-order valence-corrected chi connectivity index (χ0v) is 29.7. The normalized spacial score (nSPS) is 10.8. The molecule has 0 heterocycles. The van der Waals surface area contributed by atoms with Crippen molar-refractivity contribution in [2.75, 3.05) is 33.5 Å². The lowest BCUT2D eigenvalue weighted by Crippen LogP contribution is -2.10. The topological polar surface area (TPSA) is 137 Å². The Morgan fingerprint density at radius 2 is 1.26 bits per heavy atom. The number of carbonyl (C=O) groups is 4. The highest BCUT2D eigenvalue weighted by Crippen LogP contribution is 2.30. The third-order valence-corrected chi connectivity index (χ3v) is 7.11. The van der Waals surface area contributed by atoms with Gasteiger partial charge in [0.1, 0.15) is 17.2 Å². The summed E-state index contributed by atoms with van der Waals surface area (Å²) in [4.78, 5) is 50.9. The van der Waals surface area contributed by atoms with Gasteiger partial charge in [-0.15, -0.1) is 0 Å². The largest absolute Gasteiger partial charge is 0.494 e. The Hall–Kier alpha value is -6.61. The smallest absolute Gasteiger partial charge is 0.341 e. The van der Waals surface area contributed by atoms with Gasteiger partial charge < -0.3 is 33.2 Å². The highest BCUT2D eigenvalue weighted by molar-refractivity contribution is 5.97. The van der Waals surface area contributed by atoms with Gasteiger partial charge in [-0.25, -0.2) is 19.2 Å². The Bertz CT molecular complexity index is 1850. The minimum atomic E-state index is -0.866. The molecule has 0 unspecified atom stereocenters. The molecule has 0 fully saturated rings. The van der Waals surface area contributed by atoms with E-state index in [2.05, 4.69) is 18.0 Å². The lowest BCUT2D eigenvalue weighted by Gasteiger charge is -2.12. The summed E-state index contributed by atoms with van der Waals surface area (Å²) in [6.07, 6.45) is 9.13. The lowest BCUT2D eigenvalue weighted by atomic mass is 10.1. The van der Waals surface area contributed by atoms with Crippen molar-refractivity contribution in [3.8, 4) is 28.7 Å². The van der Waals surface area contributed by atoms with Crippen LogP contribution in [-0.4, -0.2) is 57.4 Å². The Morgan fingerprint density at radius 1 is 0.679 bits per heavy atom. The summed E-state index contributed by atoms with van der Waals surface area (Å²) in [7, 11) is 1.48. The van der Waals surface area contributed by atoms with E-state index in [0.717, 1.165) is 17.7 Å². The van der Waals surface area contributed by atoms with Gasteiger partial charge in [0.25, 0.3) is 5.70 Å². The summed E-state index contributed by atoms with van der Waals surface area (Å²) in [6.45, 7) is 17.3. The van der Waals surface area contributed by atoms with E-state index in [1.165, 1.54) is 31.4 Å². The second kappa shape index (κ2) is 22.3. The molecule has 0 bridgehead atoms. The van der Waals surface area contributed by atoms with Crippen molar-refractivity contribution in [2.45, 2.75) is 32.6 Å². The number of nitrogens with zero attached hydrogens (tertiary/aromatic N) is 1. The number of rotatable bonds is 21. The first kappa shape index (κ1) is 40.8. The van der Waals surface area contributed by atoms with Crippen LogP contribution in [0.25, 0.3) is 17.0 Å². The molecule has 276 valence electrons. The van der Waals surface area contributed by atoms with Gasteiger partial charge in [-0.2, -0.15) is 0 Å². The number of ether oxygens (including phenoxy) is 7. The number of unbranched alkanes of at least 4 members (excludes halogenated alkanes) is 2. The molecule has 0 radical (unpaired) electrons. The minimum absolute atomic E-state index is 0.193. The van der Waals surface area contributed by atoms with Crippen molar-refractivity contribution in [2.24, 2.45) is 0 Å². The highest BCUT2D eigenvalue weighted by Gasteiger charge is 2.16. The average Bonchev–Trinajstić information content (AvgIpc) is 3.17. The van der Waals surface area contributed by atoms with E-state index in [1.54, 1.807) is 61.5 Å². The van der Waals surface area contributed by atoms with Gasteiger partial charge >= 0.3 is 23.9 Å². The average molecular weight is 724 g/mol. The number of benzene rings is 3. The monoisotopic (exact) mass is 723 g/mol. The van der Waals surface area contributed by atoms with Crippen LogP contribution in [0.4, 0.5) is 0 Å². The summed E-state index contributed by atoms with van der Waals surface area (Å²) in [5.74, 6) is -0.413. The number of carbonyl (C=O) groups excluding carboxylic acids is 4. The summed E-state index contributed by atoms with van der Waals surface area (Å²) in [5, 5.41) is 0. The number of aryl methyl sites for hydroxylation is 1. The van der Waals surface area contributed by atoms with Crippen LogP contribution in [-0.2, 0) is 28.7 Å². The Labute approximate surface area is 308 Å². The van der Waals surface area contributed by atoms with Gasteiger partial charge in [0.15, 0.2) is 11.5 Å². The lowest BCUT2D eigenvalue weighted by molar-refractivity contribution is -0.138. The number of esters is 4. The predicted octanol–water partition coefficient (Wildman–Crippen LogP) is 7.26. The summed E-state index contributed by atoms with van der Waals surface area (Å²) in [6, 6.07) is 16.6. The number of hydrogen-bond donors (Lipinski definition) is 0. The maximum absolute atomic E-state index is 12.9. The zero-order valence-electron chi connectivity index (χ0n) is 29.7. The first-order valence-electron chi connectivity index (χ1n) is 16.6. The van der Waals surface area contributed by atoms with Crippen molar-refractivity contribution >= 4 is 36.0 Å². The van der Waals surface area contributed by atoms with Crippen LogP contribution in [0.15, 0.2) is 97.7 Å². The molecule has 0 aliphatic rings. The molecular formula is C41H41NO11. The van der Waals surface area contributed by atoms with Crippen molar-refractivity contribution in [1.29, 1.82) is 0 Å². The van der Waals surface area contributed by atoms with Crippen molar-refractivity contribution in [3.63, 3.8) is 0 Å². The molecule has 3 rings (SSSR count). The molecule has 53 heavy (non-hydrogen) atoms. The molecule has 3 aromatic carbocycles. The standard InChI is InChI=1S/C41H41NO11/c1-6-38(43)50-24-10-8-22-48-32-16-12-30(13-17-32)15-21-40(45)52-33-18-20-35(29(3)26-33)53-41(46)34(42-4)27-31-14-19-36(37(28-31)47-5)49-23-9-11-25-51-39(44)7-2/h6-7,12-21,26-28H,1-2,8-11,22-25H2,3,5H3/b21-15+,34-27-. The molecule has 0 aliphatic carbocycles. The van der Waals surface area contributed by atoms with E-state index in [1.807, 2.05) is 0 Å².